The SMILES string of the molecule is [2H]N(CC)c1ccccc1. The standard InChI is InChI=1S/C8H11N/c1-2-9-8-6-4-3-5-7-8/h3-7,9H,2H2,1H3/i/hD. The first-order valence-electron chi connectivity index (χ1n) is 3.60. The number of hydrogen-bond donors (Lipinski definition) is 1. The molecule has 0 aliphatic carbocycles. The Morgan fingerprint density at radius 3 is 2.67 bits per heavy atom. The smallest absolute Gasteiger partial charge is 0.160 e. The van der Waals surface area contributed by atoms with Gasteiger partial charge in [-0.3, -0.25) is 0 Å². The minimum absolute atomic E-state index is 0.726. The Labute approximate surface area is 57.2 Å². The molecule has 48 valence electrons. The number of anilines is 1. The van der Waals surface area contributed by atoms with Crippen molar-refractivity contribution in [1.29, 1.82) is 0 Å². The van der Waals surface area contributed by atoms with Gasteiger partial charge >= 0.3 is 0 Å². The second-order valence-corrected chi connectivity index (χ2v) is 1.81. The van der Waals surface area contributed by atoms with E-state index in [4.69, 9.17) is 1.41 Å². The minimum Gasteiger partial charge on any atom is -0.385 e. The van der Waals surface area contributed by atoms with Gasteiger partial charge in [-0.25, -0.2) is 0 Å². The van der Waals surface area contributed by atoms with E-state index in [1.165, 1.54) is 5.31 Å². The van der Waals surface area contributed by atoms with Crippen molar-refractivity contribution in [3.05, 3.63) is 30.3 Å². The van der Waals surface area contributed by atoms with Crippen molar-refractivity contribution in [3.8, 4) is 0 Å². The molecule has 1 rings (SSSR count). The zero-order chi connectivity index (χ0) is 7.40. The van der Waals surface area contributed by atoms with E-state index >= 15 is 0 Å². The number of para-hydroxylation sites is 1. The normalized spacial score (nSPS) is 10.6. The van der Waals surface area contributed by atoms with Gasteiger partial charge in [0.2, 0.25) is 0 Å². The van der Waals surface area contributed by atoms with Crippen molar-refractivity contribution in [2.75, 3.05) is 11.9 Å². The highest BCUT2D eigenvalue weighted by Gasteiger charge is 1.81. The van der Waals surface area contributed by atoms with Crippen molar-refractivity contribution in [2.24, 2.45) is 0 Å². The van der Waals surface area contributed by atoms with Gasteiger partial charge in [0, 0.05) is 12.2 Å². The predicted molar refractivity (Wildman–Crippen MR) is 40.6 cm³/mol. The average molecular weight is 122 g/mol. The van der Waals surface area contributed by atoms with Crippen LogP contribution in [0.4, 0.5) is 5.69 Å². The molecule has 0 aromatic heterocycles. The lowest BCUT2D eigenvalue weighted by atomic mass is 10.3. The summed E-state index contributed by atoms with van der Waals surface area (Å²) in [6, 6.07) is 9.68. The molecular formula is C8H11N. The highest BCUT2D eigenvalue weighted by Crippen LogP contribution is 2.02. The summed E-state index contributed by atoms with van der Waals surface area (Å²) in [4.78, 5) is 0. The summed E-state index contributed by atoms with van der Waals surface area (Å²) in [6.07, 6.45) is 0. The zero-order valence-corrected chi connectivity index (χ0v) is 5.54. The summed E-state index contributed by atoms with van der Waals surface area (Å²) in [5.74, 6) is 0. The molecule has 1 aromatic rings. The maximum absolute atomic E-state index is 7.40. The third kappa shape index (κ3) is 1.76. The number of nitrogens with one attached hydrogen (secondary N) is 1. The van der Waals surface area contributed by atoms with E-state index in [0.29, 0.717) is 0 Å². The van der Waals surface area contributed by atoms with Crippen molar-refractivity contribution >= 4 is 5.69 Å². The van der Waals surface area contributed by atoms with Crippen molar-refractivity contribution < 1.29 is 1.41 Å². The molecule has 0 atom stereocenters. The van der Waals surface area contributed by atoms with Gasteiger partial charge < -0.3 is 5.31 Å². The van der Waals surface area contributed by atoms with Crippen LogP contribution < -0.4 is 5.31 Å². The Morgan fingerprint density at radius 1 is 1.44 bits per heavy atom. The molecule has 0 saturated heterocycles. The highest BCUT2D eigenvalue weighted by atomic mass is 14.8. The Bertz CT molecular complexity index is 186. The largest absolute Gasteiger partial charge is 0.385 e. The molecule has 1 aromatic carbocycles. The van der Waals surface area contributed by atoms with Crippen LogP contribution in [0.3, 0.4) is 0 Å². The molecule has 0 heterocycles. The van der Waals surface area contributed by atoms with E-state index in [1.807, 2.05) is 37.3 Å². The fourth-order valence-corrected chi connectivity index (χ4v) is 0.716. The Balaban J connectivity index is 2.75. The van der Waals surface area contributed by atoms with Crippen LogP contribution in [-0.4, -0.2) is 6.54 Å². The quantitative estimate of drug-likeness (QED) is 0.633. The van der Waals surface area contributed by atoms with Crippen LogP contribution in [0.5, 0.6) is 0 Å². The van der Waals surface area contributed by atoms with Gasteiger partial charge in [-0.05, 0) is 19.1 Å². The molecule has 0 aliphatic rings. The fraction of sp³-hybridized carbons (Fsp3) is 0.250. The molecule has 1 nitrogen and oxygen atoms in total. The van der Waals surface area contributed by atoms with Crippen molar-refractivity contribution in [1.82, 2.24) is 0 Å². The first-order chi connectivity index (χ1) is 4.84. The third-order valence-corrected chi connectivity index (χ3v) is 1.10. The van der Waals surface area contributed by atoms with E-state index in [1.54, 1.807) is 0 Å². The second kappa shape index (κ2) is 3.13. The summed E-state index contributed by atoms with van der Waals surface area (Å²) in [6.45, 7) is 2.68. The van der Waals surface area contributed by atoms with E-state index in [2.05, 4.69) is 0 Å². The zero-order valence-electron chi connectivity index (χ0n) is 6.54. The summed E-state index contributed by atoms with van der Waals surface area (Å²) in [5, 5.41) is 1.46. The van der Waals surface area contributed by atoms with Crippen LogP contribution in [0.1, 0.15) is 6.92 Å². The van der Waals surface area contributed by atoms with E-state index in [9.17, 15) is 0 Å². The Kier molecular flexibility index (Phi) is 1.69. The van der Waals surface area contributed by atoms with Gasteiger partial charge in [0.15, 0.2) is 1.41 Å². The lowest BCUT2D eigenvalue weighted by molar-refractivity contribution is 1.21. The third-order valence-electron chi connectivity index (χ3n) is 1.10. The lowest BCUT2D eigenvalue weighted by Crippen LogP contribution is -1.94. The summed E-state index contributed by atoms with van der Waals surface area (Å²) in [7, 11) is 0. The van der Waals surface area contributed by atoms with Crippen molar-refractivity contribution in [2.45, 2.75) is 6.92 Å². The van der Waals surface area contributed by atoms with Gasteiger partial charge in [0.05, 0.1) is 0 Å². The Morgan fingerprint density at radius 2 is 2.11 bits per heavy atom. The second-order valence-electron chi connectivity index (χ2n) is 1.81. The van der Waals surface area contributed by atoms with Gasteiger partial charge in [-0.1, -0.05) is 18.2 Å². The molecule has 0 saturated carbocycles. The van der Waals surface area contributed by atoms with Crippen LogP contribution in [0, 0.1) is 0 Å². The first kappa shape index (κ1) is 4.86. The van der Waals surface area contributed by atoms with Gasteiger partial charge in [0.1, 0.15) is 0 Å². The van der Waals surface area contributed by atoms with Gasteiger partial charge in [-0.15, -0.1) is 0 Å². The van der Waals surface area contributed by atoms with E-state index in [0.717, 1.165) is 12.2 Å². The fourth-order valence-electron chi connectivity index (χ4n) is 0.716. The molecule has 0 radical (unpaired) electrons. The van der Waals surface area contributed by atoms with E-state index < -0.39 is 0 Å². The molecule has 0 fully saturated rings. The van der Waals surface area contributed by atoms with Crippen LogP contribution in [0.15, 0.2) is 30.3 Å². The predicted octanol–water partition coefficient (Wildman–Crippen LogP) is 2.12. The average Bonchev–Trinajstić information content (AvgIpc) is 2.05. The lowest BCUT2D eigenvalue weighted by Gasteiger charge is -1.99. The highest BCUT2D eigenvalue weighted by molar-refractivity contribution is 5.41. The molecule has 0 amide bonds. The molecule has 9 heavy (non-hydrogen) atoms. The maximum Gasteiger partial charge on any atom is 0.160 e. The summed E-state index contributed by atoms with van der Waals surface area (Å²) < 4.78 is 7.40. The number of benzene rings is 1. The topological polar surface area (TPSA) is 12.0 Å². The summed E-state index contributed by atoms with van der Waals surface area (Å²) >= 11 is 0. The first-order valence-corrected chi connectivity index (χ1v) is 3.16. The summed E-state index contributed by atoms with van der Waals surface area (Å²) in [5.41, 5.74) is 0.949. The molecule has 0 bridgehead atoms. The monoisotopic (exact) mass is 122 g/mol. The Hall–Kier alpha value is -0.980. The maximum atomic E-state index is 7.40. The van der Waals surface area contributed by atoms with Crippen LogP contribution in [0.2, 0.25) is 1.41 Å². The number of hydrogen-bond acceptors (Lipinski definition) is 1. The molecule has 0 spiro atoms. The minimum atomic E-state index is 0.726. The molecule has 0 aliphatic heterocycles. The number of rotatable bonds is 2. The molecule has 1 heteroatoms. The molecule has 1 N–H and O–H groups in total. The van der Waals surface area contributed by atoms with Crippen LogP contribution >= 0.6 is 0 Å². The molecular weight excluding hydrogens is 110 g/mol. The molecule has 0 unspecified atom stereocenters. The van der Waals surface area contributed by atoms with Gasteiger partial charge in [-0.2, -0.15) is 0 Å². The van der Waals surface area contributed by atoms with Gasteiger partial charge in [0.25, 0.3) is 0 Å². The van der Waals surface area contributed by atoms with Crippen LogP contribution in [-0.2, 0) is 0 Å². The van der Waals surface area contributed by atoms with Crippen LogP contribution in [0.25, 0.3) is 0 Å². The van der Waals surface area contributed by atoms with Crippen molar-refractivity contribution in [3.63, 3.8) is 0 Å². The van der Waals surface area contributed by atoms with E-state index in [-0.39, 0.29) is 0 Å².